The number of cyclic esters (lactones) is 1. The van der Waals surface area contributed by atoms with E-state index in [1.807, 2.05) is 0 Å². The van der Waals surface area contributed by atoms with Crippen molar-refractivity contribution in [3.63, 3.8) is 0 Å². The van der Waals surface area contributed by atoms with E-state index in [2.05, 4.69) is 10.9 Å². The summed E-state index contributed by atoms with van der Waals surface area (Å²) in [5.74, 6) is -1.93. The van der Waals surface area contributed by atoms with Crippen LogP contribution in [0.1, 0.15) is 33.2 Å². The summed E-state index contributed by atoms with van der Waals surface area (Å²) in [5.41, 5.74) is 4.26. The van der Waals surface area contributed by atoms with Crippen LogP contribution in [0.15, 0.2) is 53.4 Å². The molecule has 9 heteroatoms. The molecular weight excluding hydrogens is 384 g/mol. The summed E-state index contributed by atoms with van der Waals surface area (Å²) >= 11 is 0. The molecule has 0 aliphatic carbocycles. The number of hydrazine groups is 1. The SMILES string of the molecule is CC1(C(=O)NNC(=O)c2ccc(S(C)(=O)=O)cc2)Cc2ccccc2C(=O)O1. The van der Waals surface area contributed by atoms with Crippen molar-refractivity contribution in [1.82, 2.24) is 10.9 Å². The van der Waals surface area contributed by atoms with Gasteiger partial charge in [-0.15, -0.1) is 0 Å². The summed E-state index contributed by atoms with van der Waals surface area (Å²) in [6, 6.07) is 12.1. The van der Waals surface area contributed by atoms with Gasteiger partial charge in [0.1, 0.15) is 0 Å². The second-order valence-corrected chi connectivity index (χ2v) is 8.67. The quantitative estimate of drug-likeness (QED) is 0.585. The third-order valence-electron chi connectivity index (χ3n) is 4.40. The average molecular weight is 402 g/mol. The third-order valence-corrected chi connectivity index (χ3v) is 5.53. The maximum atomic E-state index is 12.5. The maximum absolute atomic E-state index is 12.5. The molecule has 0 spiro atoms. The highest BCUT2D eigenvalue weighted by Crippen LogP contribution is 2.28. The normalized spacial score (nSPS) is 18.6. The second kappa shape index (κ2) is 7.08. The van der Waals surface area contributed by atoms with E-state index in [-0.39, 0.29) is 16.9 Å². The largest absolute Gasteiger partial charge is 0.445 e. The first-order valence-electron chi connectivity index (χ1n) is 8.32. The molecule has 28 heavy (non-hydrogen) atoms. The molecule has 0 saturated carbocycles. The van der Waals surface area contributed by atoms with Crippen LogP contribution in [0.4, 0.5) is 0 Å². The fraction of sp³-hybridized carbons (Fsp3) is 0.211. The molecule has 0 radical (unpaired) electrons. The molecule has 146 valence electrons. The van der Waals surface area contributed by atoms with Crippen LogP contribution in [0.2, 0.25) is 0 Å². The van der Waals surface area contributed by atoms with Crippen molar-refractivity contribution in [1.29, 1.82) is 0 Å². The lowest BCUT2D eigenvalue weighted by atomic mass is 9.89. The Balaban J connectivity index is 1.67. The third kappa shape index (κ3) is 3.89. The van der Waals surface area contributed by atoms with E-state index in [0.717, 1.165) is 6.26 Å². The minimum Gasteiger partial charge on any atom is -0.445 e. The van der Waals surface area contributed by atoms with E-state index >= 15 is 0 Å². The summed E-state index contributed by atoms with van der Waals surface area (Å²) in [6.45, 7) is 1.46. The van der Waals surface area contributed by atoms with Gasteiger partial charge in [-0.05, 0) is 42.8 Å². The molecule has 2 N–H and O–H groups in total. The van der Waals surface area contributed by atoms with E-state index in [0.29, 0.717) is 11.1 Å². The number of rotatable bonds is 3. The van der Waals surface area contributed by atoms with Gasteiger partial charge in [0.15, 0.2) is 15.4 Å². The van der Waals surface area contributed by atoms with Gasteiger partial charge in [-0.1, -0.05) is 18.2 Å². The number of hydrogen-bond donors (Lipinski definition) is 2. The molecule has 2 aromatic carbocycles. The number of carbonyl (C=O) groups excluding carboxylic acids is 3. The van der Waals surface area contributed by atoms with Crippen molar-refractivity contribution in [2.45, 2.75) is 23.8 Å². The number of sulfone groups is 1. The van der Waals surface area contributed by atoms with Gasteiger partial charge in [0.25, 0.3) is 11.8 Å². The van der Waals surface area contributed by atoms with Crippen molar-refractivity contribution < 1.29 is 27.5 Å². The Hall–Kier alpha value is -3.20. The molecule has 2 aromatic rings. The average Bonchev–Trinajstić information content (AvgIpc) is 2.65. The molecular formula is C19H18N2O6S. The van der Waals surface area contributed by atoms with Crippen LogP contribution < -0.4 is 10.9 Å². The molecule has 0 aromatic heterocycles. The highest BCUT2D eigenvalue weighted by molar-refractivity contribution is 7.90. The van der Waals surface area contributed by atoms with Crippen molar-refractivity contribution >= 4 is 27.6 Å². The molecule has 0 bridgehead atoms. The first-order valence-corrected chi connectivity index (χ1v) is 10.2. The topological polar surface area (TPSA) is 119 Å². The maximum Gasteiger partial charge on any atom is 0.339 e. The van der Waals surface area contributed by atoms with Crippen LogP contribution in [0.25, 0.3) is 0 Å². The second-order valence-electron chi connectivity index (χ2n) is 6.66. The number of benzene rings is 2. The van der Waals surface area contributed by atoms with Crippen molar-refractivity contribution in [2.75, 3.05) is 6.26 Å². The summed E-state index contributed by atoms with van der Waals surface area (Å²) in [5, 5.41) is 0. The summed E-state index contributed by atoms with van der Waals surface area (Å²) < 4.78 is 28.2. The highest BCUT2D eigenvalue weighted by atomic mass is 32.2. The molecule has 3 rings (SSSR count). The fourth-order valence-corrected chi connectivity index (χ4v) is 3.46. The van der Waals surface area contributed by atoms with E-state index in [9.17, 15) is 22.8 Å². The van der Waals surface area contributed by atoms with Gasteiger partial charge in [0.05, 0.1) is 10.5 Å². The zero-order valence-corrected chi connectivity index (χ0v) is 16.0. The Morgan fingerprint density at radius 2 is 1.68 bits per heavy atom. The van der Waals surface area contributed by atoms with Crippen molar-refractivity contribution in [3.05, 3.63) is 65.2 Å². The van der Waals surface area contributed by atoms with E-state index < -0.39 is 33.2 Å². The lowest BCUT2D eigenvalue weighted by molar-refractivity contribution is -0.140. The van der Waals surface area contributed by atoms with Crippen LogP contribution in [0, 0.1) is 0 Å². The first-order chi connectivity index (χ1) is 13.1. The van der Waals surface area contributed by atoms with Crippen LogP contribution in [-0.2, 0) is 25.8 Å². The highest BCUT2D eigenvalue weighted by Gasteiger charge is 2.42. The number of carbonyl (C=O) groups is 3. The molecule has 1 atom stereocenters. The Morgan fingerprint density at radius 3 is 2.32 bits per heavy atom. The summed E-state index contributed by atoms with van der Waals surface area (Å²) in [7, 11) is -3.37. The number of nitrogens with one attached hydrogen (secondary N) is 2. The van der Waals surface area contributed by atoms with Crippen molar-refractivity contribution in [2.24, 2.45) is 0 Å². The number of ether oxygens (including phenoxy) is 1. The Labute approximate surface area is 161 Å². The number of esters is 1. The van der Waals surface area contributed by atoms with Gasteiger partial charge in [0.2, 0.25) is 0 Å². The molecule has 0 fully saturated rings. The van der Waals surface area contributed by atoms with E-state index in [1.54, 1.807) is 24.3 Å². The zero-order valence-electron chi connectivity index (χ0n) is 15.2. The minimum absolute atomic E-state index is 0.0772. The molecule has 2 amide bonds. The van der Waals surface area contributed by atoms with Crippen LogP contribution >= 0.6 is 0 Å². The first kappa shape index (κ1) is 19.6. The fourth-order valence-electron chi connectivity index (χ4n) is 2.83. The predicted molar refractivity (Wildman–Crippen MR) is 99.1 cm³/mol. The predicted octanol–water partition coefficient (Wildman–Crippen LogP) is 1.02. The van der Waals surface area contributed by atoms with Gasteiger partial charge in [-0.2, -0.15) is 0 Å². The Kier molecular flexibility index (Phi) is 4.95. The zero-order chi connectivity index (χ0) is 20.5. The number of amides is 2. The standard InChI is InChI=1S/C19H18N2O6S/c1-19(11-13-5-3-4-6-15(13)17(23)27-19)18(24)21-20-16(22)12-7-9-14(10-8-12)28(2,25)26/h3-10H,11H2,1-2H3,(H,20,22)(H,21,24). The van der Waals surface area contributed by atoms with E-state index in [4.69, 9.17) is 4.74 Å². The van der Waals surface area contributed by atoms with E-state index in [1.165, 1.54) is 31.2 Å². The van der Waals surface area contributed by atoms with Gasteiger partial charge in [-0.3, -0.25) is 20.4 Å². The Bertz CT molecular complexity index is 1060. The smallest absolute Gasteiger partial charge is 0.339 e. The van der Waals surface area contributed by atoms with Crippen LogP contribution in [0.3, 0.4) is 0 Å². The van der Waals surface area contributed by atoms with Crippen LogP contribution in [-0.4, -0.2) is 38.1 Å². The lowest BCUT2D eigenvalue weighted by Crippen LogP contribution is -2.56. The summed E-state index contributed by atoms with van der Waals surface area (Å²) in [4.78, 5) is 36.9. The van der Waals surface area contributed by atoms with Gasteiger partial charge < -0.3 is 4.74 Å². The van der Waals surface area contributed by atoms with Gasteiger partial charge >= 0.3 is 5.97 Å². The molecule has 1 heterocycles. The number of fused-ring (bicyclic) bond motifs is 1. The summed E-state index contributed by atoms with van der Waals surface area (Å²) in [6.07, 6.45) is 1.23. The molecule has 1 aliphatic heterocycles. The molecule has 0 saturated heterocycles. The molecule has 1 unspecified atom stereocenters. The molecule has 1 aliphatic rings. The minimum atomic E-state index is -3.37. The molecule has 8 nitrogen and oxygen atoms in total. The lowest BCUT2D eigenvalue weighted by Gasteiger charge is -2.32. The number of hydrogen-bond acceptors (Lipinski definition) is 6. The monoisotopic (exact) mass is 402 g/mol. The van der Waals surface area contributed by atoms with Crippen LogP contribution in [0.5, 0.6) is 0 Å². The Morgan fingerprint density at radius 1 is 1.04 bits per heavy atom. The van der Waals surface area contributed by atoms with Gasteiger partial charge in [-0.25, -0.2) is 13.2 Å². The van der Waals surface area contributed by atoms with Gasteiger partial charge in [0, 0.05) is 18.2 Å². The van der Waals surface area contributed by atoms with Crippen molar-refractivity contribution in [3.8, 4) is 0 Å².